The molecule has 0 aromatic heterocycles. The fourth-order valence-electron chi connectivity index (χ4n) is 1.92. The van der Waals surface area contributed by atoms with Crippen LogP contribution in [0.4, 0.5) is 5.69 Å². The first-order valence-electron chi connectivity index (χ1n) is 6.88. The van der Waals surface area contributed by atoms with Crippen molar-refractivity contribution in [3.05, 3.63) is 81.4 Å². The number of nitro benzene ring substituents is 1. The van der Waals surface area contributed by atoms with Gasteiger partial charge in [-0.15, -0.1) is 0 Å². The van der Waals surface area contributed by atoms with Gasteiger partial charge >= 0.3 is 0 Å². The van der Waals surface area contributed by atoms with Gasteiger partial charge in [-0.3, -0.25) is 14.9 Å². The maximum absolute atomic E-state index is 11.9. The van der Waals surface area contributed by atoms with Crippen molar-refractivity contribution >= 4 is 23.9 Å². The zero-order valence-corrected chi connectivity index (χ0v) is 12.5. The van der Waals surface area contributed by atoms with Gasteiger partial charge in [0.1, 0.15) is 0 Å². The predicted octanol–water partition coefficient (Wildman–Crippen LogP) is 3.33. The molecule has 0 aliphatic carbocycles. The van der Waals surface area contributed by atoms with Crippen LogP contribution >= 0.6 is 0 Å². The van der Waals surface area contributed by atoms with E-state index in [9.17, 15) is 14.9 Å². The Labute approximate surface area is 133 Å². The summed E-state index contributed by atoms with van der Waals surface area (Å²) in [6.45, 7) is 1.58. The van der Waals surface area contributed by atoms with Crippen LogP contribution in [0, 0.1) is 17.0 Å². The van der Waals surface area contributed by atoms with E-state index in [1.807, 2.05) is 36.4 Å². The first-order chi connectivity index (χ1) is 11.1. The van der Waals surface area contributed by atoms with Gasteiger partial charge in [0.05, 0.1) is 4.92 Å². The molecule has 0 bridgehead atoms. The zero-order chi connectivity index (χ0) is 16.7. The third-order valence-corrected chi connectivity index (χ3v) is 3.07. The highest BCUT2D eigenvalue weighted by molar-refractivity contribution is 5.95. The smallest absolute Gasteiger partial charge is 0.267 e. The van der Waals surface area contributed by atoms with Crippen LogP contribution in [0.3, 0.4) is 0 Å². The van der Waals surface area contributed by atoms with Gasteiger partial charge in [-0.2, -0.15) is 5.10 Å². The quantitative estimate of drug-likeness (QED) is 0.522. The molecule has 0 aliphatic rings. The monoisotopic (exact) mass is 309 g/mol. The number of benzene rings is 2. The van der Waals surface area contributed by atoms with Crippen LogP contribution in [0.1, 0.15) is 21.5 Å². The Hall–Kier alpha value is -3.28. The molecule has 0 saturated carbocycles. The van der Waals surface area contributed by atoms with Crippen LogP contribution in [0.25, 0.3) is 6.08 Å². The highest BCUT2D eigenvalue weighted by Gasteiger charge is 2.13. The average molecular weight is 309 g/mol. The Morgan fingerprint density at radius 3 is 2.61 bits per heavy atom. The number of nitrogens with zero attached hydrogens (tertiary/aromatic N) is 2. The number of rotatable bonds is 5. The van der Waals surface area contributed by atoms with Gasteiger partial charge in [-0.1, -0.05) is 36.4 Å². The molecule has 0 atom stereocenters. The fraction of sp³-hybridized carbons (Fsp3) is 0.0588. The van der Waals surface area contributed by atoms with Crippen molar-refractivity contribution < 1.29 is 9.72 Å². The molecule has 0 unspecified atom stereocenters. The molecule has 0 saturated heterocycles. The number of aryl methyl sites for hydroxylation is 1. The van der Waals surface area contributed by atoms with Gasteiger partial charge in [0.2, 0.25) is 0 Å². The van der Waals surface area contributed by atoms with Crippen molar-refractivity contribution in [2.75, 3.05) is 0 Å². The molecule has 6 nitrogen and oxygen atoms in total. The second-order valence-corrected chi connectivity index (χ2v) is 4.75. The lowest BCUT2D eigenvalue weighted by molar-refractivity contribution is -0.385. The molecule has 0 spiro atoms. The molecule has 23 heavy (non-hydrogen) atoms. The second kappa shape index (κ2) is 7.65. The molecule has 2 aromatic rings. The van der Waals surface area contributed by atoms with Gasteiger partial charge < -0.3 is 0 Å². The van der Waals surface area contributed by atoms with Crippen molar-refractivity contribution in [1.82, 2.24) is 5.43 Å². The van der Waals surface area contributed by atoms with E-state index in [0.717, 1.165) is 5.56 Å². The van der Waals surface area contributed by atoms with E-state index in [4.69, 9.17) is 0 Å². The molecule has 0 radical (unpaired) electrons. The van der Waals surface area contributed by atoms with Crippen LogP contribution in [-0.2, 0) is 0 Å². The standard InChI is InChI=1S/C17H15N3O3/c1-13-12-15(9-10-16(13)20(22)23)17(21)19-18-11-5-8-14-6-3-2-4-7-14/h2-12H,1H3,(H,19,21)/b8-5+,18-11+. The van der Waals surface area contributed by atoms with Crippen molar-refractivity contribution in [3.8, 4) is 0 Å². The number of hydrazone groups is 1. The summed E-state index contributed by atoms with van der Waals surface area (Å²) in [5, 5.41) is 14.5. The lowest BCUT2D eigenvalue weighted by Crippen LogP contribution is -2.17. The van der Waals surface area contributed by atoms with E-state index >= 15 is 0 Å². The third-order valence-electron chi connectivity index (χ3n) is 3.07. The van der Waals surface area contributed by atoms with Crippen LogP contribution < -0.4 is 5.43 Å². The number of carbonyl (C=O) groups is 1. The largest absolute Gasteiger partial charge is 0.272 e. The number of hydrogen-bond donors (Lipinski definition) is 1. The molecule has 6 heteroatoms. The van der Waals surface area contributed by atoms with E-state index in [2.05, 4.69) is 10.5 Å². The molecule has 2 rings (SSSR count). The normalized spacial score (nSPS) is 11.0. The van der Waals surface area contributed by atoms with Gasteiger partial charge in [-0.05, 0) is 30.7 Å². The average Bonchev–Trinajstić information content (AvgIpc) is 2.55. The Morgan fingerprint density at radius 2 is 1.96 bits per heavy atom. The Bertz CT molecular complexity index is 768. The maximum atomic E-state index is 11.9. The van der Waals surface area contributed by atoms with E-state index in [1.165, 1.54) is 24.4 Å². The lowest BCUT2D eigenvalue weighted by Gasteiger charge is -2.01. The van der Waals surface area contributed by atoms with Crippen molar-refractivity contribution in [3.63, 3.8) is 0 Å². The highest BCUT2D eigenvalue weighted by atomic mass is 16.6. The van der Waals surface area contributed by atoms with E-state index in [1.54, 1.807) is 13.0 Å². The minimum Gasteiger partial charge on any atom is -0.267 e. The number of hydrogen-bond acceptors (Lipinski definition) is 4. The third kappa shape index (κ3) is 4.60. The Morgan fingerprint density at radius 1 is 1.22 bits per heavy atom. The predicted molar refractivity (Wildman–Crippen MR) is 89.3 cm³/mol. The maximum Gasteiger partial charge on any atom is 0.272 e. The van der Waals surface area contributed by atoms with Gasteiger partial charge in [0.15, 0.2) is 0 Å². The van der Waals surface area contributed by atoms with Crippen molar-refractivity contribution in [1.29, 1.82) is 0 Å². The van der Waals surface area contributed by atoms with E-state index < -0.39 is 10.8 Å². The summed E-state index contributed by atoms with van der Waals surface area (Å²) < 4.78 is 0. The molecular formula is C17H15N3O3. The summed E-state index contributed by atoms with van der Waals surface area (Å²) in [6.07, 6.45) is 5.02. The van der Waals surface area contributed by atoms with Gasteiger partial charge in [0, 0.05) is 23.4 Å². The first-order valence-corrected chi connectivity index (χ1v) is 6.88. The molecule has 2 aromatic carbocycles. The Balaban J connectivity index is 1.94. The summed E-state index contributed by atoms with van der Waals surface area (Å²) in [6, 6.07) is 13.8. The molecule has 1 N–H and O–H groups in total. The molecule has 116 valence electrons. The summed E-state index contributed by atoms with van der Waals surface area (Å²) in [5.74, 6) is -0.424. The number of amides is 1. The zero-order valence-electron chi connectivity index (χ0n) is 12.5. The molecule has 0 fully saturated rings. The number of nitrogens with one attached hydrogen (secondary N) is 1. The van der Waals surface area contributed by atoms with Gasteiger partial charge in [-0.25, -0.2) is 5.43 Å². The van der Waals surface area contributed by atoms with Crippen LogP contribution in [0.5, 0.6) is 0 Å². The first kappa shape index (κ1) is 16.1. The summed E-state index contributed by atoms with van der Waals surface area (Å²) in [7, 11) is 0. The minimum absolute atomic E-state index is 0.0177. The van der Waals surface area contributed by atoms with E-state index in [-0.39, 0.29) is 5.69 Å². The summed E-state index contributed by atoms with van der Waals surface area (Å²) in [4.78, 5) is 22.1. The lowest BCUT2D eigenvalue weighted by atomic mass is 10.1. The van der Waals surface area contributed by atoms with Crippen molar-refractivity contribution in [2.24, 2.45) is 5.10 Å². The topological polar surface area (TPSA) is 84.6 Å². The second-order valence-electron chi connectivity index (χ2n) is 4.75. The minimum atomic E-state index is -0.483. The van der Waals surface area contributed by atoms with Crippen LogP contribution in [-0.4, -0.2) is 17.0 Å². The fourth-order valence-corrected chi connectivity index (χ4v) is 1.92. The van der Waals surface area contributed by atoms with Crippen LogP contribution in [0.2, 0.25) is 0 Å². The Kier molecular flexibility index (Phi) is 5.35. The van der Waals surface area contributed by atoms with E-state index in [0.29, 0.717) is 11.1 Å². The highest BCUT2D eigenvalue weighted by Crippen LogP contribution is 2.18. The van der Waals surface area contributed by atoms with Crippen molar-refractivity contribution in [2.45, 2.75) is 6.92 Å². The van der Waals surface area contributed by atoms with Gasteiger partial charge in [0.25, 0.3) is 11.6 Å². The summed E-state index contributed by atoms with van der Waals surface area (Å²) >= 11 is 0. The number of nitro groups is 1. The number of allylic oxidation sites excluding steroid dienone is 1. The molecule has 1 amide bonds. The van der Waals surface area contributed by atoms with Crippen LogP contribution in [0.15, 0.2) is 59.7 Å². The summed E-state index contributed by atoms with van der Waals surface area (Å²) in [5.41, 5.74) is 4.12. The molecular weight excluding hydrogens is 294 g/mol. The molecule has 0 heterocycles. The molecule has 0 aliphatic heterocycles. The number of carbonyl (C=O) groups excluding carboxylic acids is 1. The SMILES string of the molecule is Cc1cc(C(=O)N/N=C/C=C/c2ccccc2)ccc1[N+](=O)[O-].